The number of halogens is 1. The summed E-state index contributed by atoms with van der Waals surface area (Å²) in [4.78, 5) is 15.4. The number of ether oxygens (including phenoxy) is 1. The molecule has 5 heteroatoms. The minimum Gasteiger partial charge on any atom is -0.484 e. The number of aromatic nitrogens is 1. The number of para-hydroxylation sites is 1. The van der Waals surface area contributed by atoms with Crippen LogP contribution in [0.3, 0.4) is 0 Å². The summed E-state index contributed by atoms with van der Waals surface area (Å²) in [5, 5.41) is 2.54. The maximum atomic E-state index is 13.2. The fourth-order valence-corrected chi connectivity index (χ4v) is 1.45. The summed E-state index contributed by atoms with van der Waals surface area (Å²) < 4.78 is 18.5. The Morgan fingerprint density at radius 3 is 2.74 bits per heavy atom. The normalized spacial score (nSPS) is 9.95. The van der Waals surface area contributed by atoms with Gasteiger partial charge in [0.1, 0.15) is 11.6 Å². The van der Waals surface area contributed by atoms with E-state index >= 15 is 0 Å². The average molecular weight is 260 g/mol. The number of carbonyl (C=O) groups excluding carboxylic acids is 1. The van der Waals surface area contributed by atoms with Crippen molar-refractivity contribution in [3.05, 3.63) is 60.2 Å². The van der Waals surface area contributed by atoms with Crippen LogP contribution in [0, 0.1) is 5.82 Å². The fraction of sp³-hybridized carbons (Fsp3) is 0.143. The highest BCUT2D eigenvalue weighted by Crippen LogP contribution is 2.07. The molecule has 2 rings (SSSR count). The number of carbonyl (C=O) groups is 1. The van der Waals surface area contributed by atoms with E-state index < -0.39 is 5.82 Å². The molecular weight excluding hydrogens is 247 g/mol. The third kappa shape index (κ3) is 4.06. The van der Waals surface area contributed by atoms with Crippen molar-refractivity contribution in [2.45, 2.75) is 6.54 Å². The molecule has 0 saturated carbocycles. The van der Waals surface area contributed by atoms with Crippen LogP contribution in [0.5, 0.6) is 5.75 Å². The second kappa shape index (κ2) is 6.49. The number of rotatable bonds is 5. The van der Waals surface area contributed by atoms with E-state index in [0.717, 1.165) is 0 Å². The molecular formula is C14H13FN2O2. The van der Waals surface area contributed by atoms with Gasteiger partial charge >= 0.3 is 0 Å². The Morgan fingerprint density at radius 1 is 1.21 bits per heavy atom. The average Bonchev–Trinajstić information content (AvgIpc) is 2.45. The van der Waals surface area contributed by atoms with Crippen LogP contribution in [0.25, 0.3) is 0 Å². The van der Waals surface area contributed by atoms with Crippen LogP contribution in [0.15, 0.2) is 48.7 Å². The molecule has 0 fully saturated rings. The van der Waals surface area contributed by atoms with Crippen LogP contribution in [0.4, 0.5) is 4.39 Å². The van der Waals surface area contributed by atoms with Gasteiger partial charge in [-0.05, 0) is 24.3 Å². The molecule has 0 aliphatic heterocycles. The predicted octanol–water partition coefficient (Wildman–Crippen LogP) is 1.92. The molecule has 1 heterocycles. The predicted molar refractivity (Wildman–Crippen MR) is 68.0 cm³/mol. The molecule has 0 bridgehead atoms. The van der Waals surface area contributed by atoms with Crippen LogP contribution < -0.4 is 10.1 Å². The van der Waals surface area contributed by atoms with Crippen molar-refractivity contribution in [2.24, 2.45) is 0 Å². The second-order valence-corrected chi connectivity index (χ2v) is 3.81. The van der Waals surface area contributed by atoms with E-state index in [-0.39, 0.29) is 24.8 Å². The molecule has 0 atom stereocenters. The van der Waals surface area contributed by atoms with Gasteiger partial charge in [0.15, 0.2) is 6.61 Å². The number of hydrogen-bond acceptors (Lipinski definition) is 3. The second-order valence-electron chi connectivity index (χ2n) is 3.81. The van der Waals surface area contributed by atoms with Crippen LogP contribution in [-0.4, -0.2) is 17.5 Å². The lowest BCUT2D eigenvalue weighted by molar-refractivity contribution is -0.123. The standard InChI is InChI=1S/C14H13FN2O2/c15-12-7-4-8-16-13(12)9-17-14(18)10-19-11-5-2-1-3-6-11/h1-8H,9-10H2,(H,17,18). The van der Waals surface area contributed by atoms with Gasteiger partial charge in [0, 0.05) is 6.20 Å². The third-order valence-electron chi connectivity index (χ3n) is 2.40. The zero-order valence-electron chi connectivity index (χ0n) is 10.2. The fourth-order valence-electron chi connectivity index (χ4n) is 1.45. The SMILES string of the molecule is O=C(COc1ccccc1)NCc1ncccc1F. The first kappa shape index (κ1) is 13.0. The molecule has 1 amide bonds. The van der Waals surface area contributed by atoms with Gasteiger partial charge in [-0.2, -0.15) is 0 Å². The number of benzene rings is 1. The summed E-state index contributed by atoms with van der Waals surface area (Å²) in [6.07, 6.45) is 1.48. The summed E-state index contributed by atoms with van der Waals surface area (Å²) >= 11 is 0. The van der Waals surface area contributed by atoms with E-state index in [0.29, 0.717) is 5.75 Å². The Balaban J connectivity index is 1.78. The van der Waals surface area contributed by atoms with Crippen molar-refractivity contribution in [1.29, 1.82) is 0 Å². The van der Waals surface area contributed by atoms with Crippen LogP contribution in [0.1, 0.15) is 5.69 Å². The Hall–Kier alpha value is -2.43. The van der Waals surface area contributed by atoms with Gasteiger partial charge in [0.05, 0.1) is 12.2 Å². The zero-order valence-corrected chi connectivity index (χ0v) is 10.2. The molecule has 19 heavy (non-hydrogen) atoms. The topological polar surface area (TPSA) is 51.2 Å². The van der Waals surface area contributed by atoms with E-state index in [9.17, 15) is 9.18 Å². The Morgan fingerprint density at radius 2 is 2.00 bits per heavy atom. The third-order valence-corrected chi connectivity index (χ3v) is 2.40. The molecule has 1 aromatic carbocycles. The van der Waals surface area contributed by atoms with Gasteiger partial charge in [0.2, 0.25) is 0 Å². The number of hydrogen-bond donors (Lipinski definition) is 1. The Bertz CT molecular complexity index is 546. The molecule has 1 N–H and O–H groups in total. The van der Waals surface area contributed by atoms with Gasteiger partial charge in [-0.1, -0.05) is 18.2 Å². The van der Waals surface area contributed by atoms with Crippen LogP contribution in [-0.2, 0) is 11.3 Å². The molecule has 4 nitrogen and oxygen atoms in total. The summed E-state index contributed by atoms with van der Waals surface area (Å²) in [5.41, 5.74) is 0.204. The van der Waals surface area contributed by atoms with Gasteiger partial charge in [-0.25, -0.2) is 4.39 Å². The maximum Gasteiger partial charge on any atom is 0.258 e. The quantitative estimate of drug-likeness (QED) is 0.893. The maximum absolute atomic E-state index is 13.2. The van der Waals surface area contributed by atoms with Gasteiger partial charge in [0.25, 0.3) is 5.91 Å². The molecule has 0 radical (unpaired) electrons. The molecule has 0 unspecified atom stereocenters. The first-order valence-electron chi connectivity index (χ1n) is 5.79. The molecule has 2 aromatic rings. The molecule has 0 spiro atoms. The van der Waals surface area contributed by atoms with Crippen molar-refractivity contribution < 1.29 is 13.9 Å². The summed E-state index contributed by atoms with van der Waals surface area (Å²) in [5.74, 6) is -0.151. The Kier molecular flexibility index (Phi) is 4.44. The largest absolute Gasteiger partial charge is 0.484 e. The van der Waals surface area contributed by atoms with E-state index in [1.54, 1.807) is 12.1 Å². The van der Waals surface area contributed by atoms with Crippen molar-refractivity contribution in [3.63, 3.8) is 0 Å². The number of nitrogens with one attached hydrogen (secondary N) is 1. The van der Waals surface area contributed by atoms with E-state index in [1.807, 2.05) is 18.2 Å². The summed E-state index contributed by atoms with van der Waals surface area (Å²) in [6.45, 7) is -0.0673. The molecule has 1 aromatic heterocycles. The highest BCUT2D eigenvalue weighted by Gasteiger charge is 2.06. The first-order chi connectivity index (χ1) is 9.25. The first-order valence-corrected chi connectivity index (χ1v) is 5.79. The minimum absolute atomic E-state index is 0.0453. The van der Waals surface area contributed by atoms with Crippen molar-refractivity contribution in [2.75, 3.05) is 6.61 Å². The van der Waals surface area contributed by atoms with Crippen LogP contribution >= 0.6 is 0 Å². The van der Waals surface area contributed by atoms with Crippen molar-refractivity contribution in [3.8, 4) is 5.75 Å². The number of pyridine rings is 1. The number of nitrogens with zero attached hydrogens (tertiary/aromatic N) is 1. The highest BCUT2D eigenvalue weighted by atomic mass is 19.1. The lowest BCUT2D eigenvalue weighted by atomic mass is 10.3. The van der Waals surface area contributed by atoms with Crippen LogP contribution in [0.2, 0.25) is 0 Å². The molecule has 0 saturated heterocycles. The molecule has 98 valence electrons. The molecule has 0 aliphatic rings. The summed E-state index contributed by atoms with van der Waals surface area (Å²) in [6, 6.07) is 11.8. The Labute approximate surface area is 110 Å². The summed E-state index contributed by atoms with van der Waals surface area (Å²) in [7, 11) is 0. The van der Waals surface area contributed by atoms with E-state index in [4.69, 9.17) is 4.74 Å². The van der Waals surface area contributed by atoms with Gasteiger partial charge in [-0.15, -0.1) is 0 Å². The van der Waals surface area contributed by atoms with Gasteiger partial charge < -0.3 is 10.1 Å². The lowest BCUT2D eigenvalue weighted by Gasteiger charge is -2.07. The molecule has 0 aliphatic carbocycles. The monoisotopic (exact) mass is 260 g/mol. The smallest absolute Gasteiger partial charge is 0.258 e. The highest BCUT2D eigenvalue weighted by molar-refractivity contribution is 5.77. The van der Waals surface area contributed by atoms with Gasteiger partial charge in [-0.3, -0.25) is 9.78 Å². The van der Waals surface area contributed by atoms with Crippen molar-refractivity contribution >= 4 is 5.91 Å². The van der Waals surface area contributed by atoms with E-state index in [1.165, 1.54) is 18.3 Å². The van der Waals surface area contributed by atoms with Crippen molar-refractivity contribution in [1.82, 2.24) is 10.3 Å². The lowest BCUT2D eigenvalue weighted by Crippen LogP contribution is -2.29. The zero-order chi connectivity index (χ0) is 13.5. The minimum atomic E-state index is -0.438. The van der Waals surface area contributed by atoms with E-state index in [2.05, 4.69) is 10.3 Å². The number of amides is 1.